The van der Waals surface area contributed by atoms with Gasteiger partial charge in [-0.3, -0.25) is 4.79 Å². The number of aliphatic carboxylic acids is 1. The number of hydrogen-bond acceptors (Lipinski definition) is 3. The van der Waals surface area contributed by atoms with Crippen LogP contribution < -0.4 is 5.32 Å². The number of carboxylic acid groups (broad SMARTS) is 1. The van der Waals surface area contributed by atoms with Gasteiger partial charge >= 0.3 is 5.97 Å². The SMILES string of the molecule is CCNC(=O)c1cccc(CC(O)C(=O)O)c1. The van der Waals surface area contributed by atoms with Crippen molar-refractivity contribution in [3.05, 3.63) is 35.4 Å². The van der Waals surface area contributed by atoms with Crippen molar-refractivity contribution in [2.24, 2.45) is 0 Å². The van der Waals surface area contributed by atoms with Gasteiger partial charge in [-0.25, -0.2) is 4.79 Å². The number of carbonyl (C=O) groups is 2. The average molecular weight is 237 g/mol. The van der Waals surface area contributed by atoms with Gasteiger partial charge in [0.15, 0.2) is 6.10 Å². The van der Waals surface area contributed by atoms with E-state index in [0.29, 0.717) is 17.7 Å². The standard InChI is InChI=1S/C12H15NO4/c1-2-13-11(15)9-5-3-4-8(6-9)7-10(14)12(16)17/h3-6,10,14H,2,7H2,1H3,(H,13,15)(H,16,17). The van der Waals surface area contributed by atoms with Crippen molar-refractivity contribution in [1.29, 1.82) is 0 Å². The van der Waals surface area contributed by atoms with Crippen molar-refractivity contribution >= 4 is 11.9 Å². The molecule has 17 heavy (non-hydrogen) atoms. The summed E-state index contributed by atoms with van der Waals surface area (Å²) in [6, 6.07) is 6.56. The van der Waals surface area contributed by atoms with Gasteiger partial charge in [-0.15, -0.1) is 0 Å². The van der Waals surface area contributed by atoms with Gasteiger partial charge in [0.1, 0.15) is 0 Å². The van der Waals surface area contributed by atoms with Gasteiger partial charge in [-0.05, 0) is 24.6 Å². The Morgan fingerprint density at radius 2 is 2.12 bits per heavy atom. The number of carbonyl (C=O) groups excluding carboxylic acids is 1. The Labute approximate surface area is 99.1 Å². The Morgan fingerprint density at radius 1 is 1.41 bits per heavy atom. The summed E-state index contributed by atoms with van der Waals surface area (Å²) in [6.07, 6.45) is -1.46. The molecule has 0 saturated heterocycles. The van der Waals surface area contributed by atoms with Gasteiger partial charge in [-0.2, -0.15) is 0 Å². The summed E-state index contributed by atoms with van der Waals surface area (Å²) in [5.74, 6) is -1.48. The van der Waals surface area contributed by atoms with Crippen molar-refractivity contribution in [2.75, 3.05) is 6.54 Å². The molecule has 0 aromatic heterocycles. The molecule has 92 valence electrons. The zero-order chi connectivity index (χ0) is 12.8. The number of aliphatic hydroxyl groups excluding tert-OH is 1. The number of carboxylic acids is 1. The Balaban J connectivity index is 2.79. The Morgan fingerprint density at radius 3 is 2.71 bits per heavy atom. The number of rotatable bonds is 5. The summed E-state index contributed by atoms with van der Waals surface area (Å²) >= 11 is 0. The molecular formula is C12H15NO4. The molecule has 0 aliphatic heterocycles. The molecule has 0 bridgehead atoms. The first-order chi connectivity index (χ1) is 8.04. The molecule has 1 unspecified atom stereocenters. The minimum absolute atomic E-state index is 0.0113. The van der Waals surface area contributed by atoms with E-state index < -0.39 is 12.1 Å². The van der Waals surface area contributed by atoms with Crippen LogP contribution in [0.2, 0.25) is 0 Å². The summed E-state index contributed by atoms with van der Waals surface area (Å²) in [5, 5.41) is 20.4. The second-order valence-electron chi connectivity index (χ2n) is 3.62. The molecule has 0 aliphatic carbocycles. The molecule has 0 saturated carbocycles. The Hall–Kier alpha value is -1.88. The van der Waals surface area contributed by atoms with Gasteiger partial charge in [-0.1, -0.05) is 12.1 Å². The van der Waals surface area contributed by atoms with Gasteiger partial charge in [0, 0.05) is 18.5 Å². The van der Waals surface area contributed by atoms with Crippen LogP contribution in [-0.4, -0.2) is 34.7 Å². The minimum Gasteiger partial charge on any atom is -0.479 e. The molecule has 0 heterocycles. The predicted molar refractivity (Wildman–Crippen MR) is 61.8 cm³/mol. The van der Waals surface area contributed by atoms with Crippen LogP contribution in [0.1, 0.15) is 22.8 Å². The van der Waals surface area contributed by atoms with Crippen LogP contribution in [0.15, 0.2) is 24.3 Å². The maximum atomic E-state index is 11.5. The lowest BCUT2D eigenvalue weighted by molar-refractivity contribution is -0.146. The fraction of sp³-hybridized carbons (Fsp3) is 0.333. The van der Waals surface area contributed by atoms with E-state index in [9.17, 15) is 14.7 Å². The number of nitrogens with one attached hydrogen (secondary N) is 1. The van der Waals surface area contributed by atoms with Crippen molar-refractivity contribution in [2.45, 2.75) is 19.4 Å². The third kappa shape index (κ3) is 3.88. The average Bonchev–Trinajstić information content (AvgIpc) is 2.29. The van der Waals surface area contributed by atoms with Gasteiger partial charge < -0.3 is 15.5 Å². The smallest absolute Gasteiger partial charge is 0.332 e. The highest BCUT2D eigenvalue weighted by molar-refractivity contribution is 5.94. The normalized spacial score (nSPS) is 11.9. The summed E-state index contributed by atoms with van der Waals surface area (Å²) in [6.45, 7) is 2.34. The maximum Gasteiger partial charge on any atom is 0.332 e. The molecular weight excluding hydrogens is 222 g/mol. The van der Waals surface area contributed by atoms with Crippen LogP contribution >= 0.6 is 0 Å². The zero-order valence-corrected chi connectivity index (χ0v) is 9.51. The number of amides is 1. The monoisotopic (exact) mass is 237 g/mol. The van der Waals surface area contributed by atoms with Crippen molar-refractivity contribution in [1.82, 2.24) is 5.32 Å². The van der Waals surface area contributed by atoms with E-state index in [0.717, 1.165) is 0 Å². The van der Waals surface area contributed by atoms with Crippen molar-refractivity contribution < 1.29 is 19.8 Å². The van der Waals surface area contributed by atoms with Crippen LogP contribution in [0.25, 0.3) is 0 Å². The van der Waals surface area contributed by atoms with Gasteiger partial charge in [0.05, 0.1) is 0 Å². The molecule has 1 atom stereocenters. The Kier molecular flexibility index (Phi) is 4.66. The second-order valence-corrected chi connectivity index (χ2v) is 3.62. The first-order valence-electron chi connectivity index (χ1n) is 5.32. The molecule has 1 aromatic carbocycles. The van der Waals surface area contributed by atoms with E-state index >= 15 is 0 Å². The highest BCUT2D eigenvalue weighted by atomic mass is 16.4. The van der Waals surface area contributed by atoms with E-state index in [-0.39, 0.29) is 12.3 Å². The number of hydrogen-bond donors (Lipinski definition) is 3. The lowest BCUT2D eigenvalue weighted by atomic mass is 10.0. The highest BCUT2D eigenvalue weighted by Gasteiger charge is 2.14. The van der Waals surface area contributed by atoms with Crippen LogP contribution in [0.3, 0.4) is 0 Å². The lowest BCUT2D eigenvalue weighted by Gasteiger charge is -2.07. The molecule has 5 heteroatoms. The van der Waals surface area contributed by atoms with E-state index in [2.05, 4.69) is 5.32 Å². The largest absolute Gasteiger partial charge is 0.479 e. The summed E-state index contributed by atoms with van der Waals surface area (Å²) < 4.78 is 0. The molecule has 1 rings (SSSR count). The van der Waals surface area contributed by atoms with Crippen LogP contribution in [0.4, 0.5) is 0 Å². The molecule has 5 nitrogen and oxygen atoms in total. The molecule has 0 radical (unpaired) electrons. The highest BCUT2D eigenvalue weighted by Crippen LogP contribution is 2.08. The maximum absolute atomic E-state index is 11.5. The minimum atomic E-state index is -1.44. The molecule has 1 aromatic rings. The summed E-state index contributed by atoms with van der Waals surface area (Å²) in [7, 11) is 0. The van der Waals surface area contributed by atoms with Crippen LogP contribution in [0.5, 0.6) is 0 Å². The fourth-order valence-corrected chi connectivity index (χ4v) is 1.41. The first kappa shape index (κ1) is 13.2. The van der Waals surface area contributed by atoms with E-state index in [1.807, 2.05) is 6.92 Å². The van der Waals surface area contributed by atoms with E-state index in [4.69, 9.17) is 5.11 Å². The number of benzene rings is 1. The van der Waals surface area contributed by atoms with E-state index in [1.165, 1.54) is 0 Å². The third-order valence-corrected chi connectivity index (χ3v) is 2.24. The first-order valence-corrected chi connectivity index (χ1v) is 5.32. The van der Waals surface area contributed by atoms with Crippen molar-refractivity contribution in [3.63, 3.8) is 0 Å². The molecule has 0 fully saturated rings. The quantitative estimate of drug-likeness (QED) is 0.693. The van der Waals surface area contributed by atoms with Gasteiger partial charge in [0.2, 0.25) is 0 Å². The number of aliphatic hydroxyl groups is 1. The molecule has 3 N–H and O–H groups in total. The second kappa shape index (κ2) is 6.00. The summed E-state index contributed by atoms with van der Waals surface area (Å²) in [4.78, 5) is 22.0. The summed E-state index contributed by atoms with van der Waals surface area (Å²) in [5.41, 5.74) is 1.07. The van der Waals surface area contributed by atoms with Crippen LogP contribution in [0, 0.1) is 0 Å². The lowest BCUT2D eigenvalue weighted by Crippen LogP contribution is -2.24. The molecule has 1 amide bonds. The van der Waals surface area contributed by atoms with Crippen molar-refractivity contribution in [3.8, 4) is 0 Å². The topological polar surface area (TPSA) is 86.6 Å². The zero-order valence-electron chi connectivity index (χ0n) is 9.51. The fourth-order valence-electron chi connectivity index (χ4n) is 1.41. The van der Waals surface area contributed by atoms with E-state index in [1.54, 1.807) is 24.3 Å². The molecule has 0 spiro atoms. The molecule has 0 aliphatic rings. The van der Waals surface area contributed by atoms with Gasteiger partial charge in [0.25, 0.3) is 5.91 Å². The van der Waals surface area contributed by atoms with Crippen LogP contribution in [-0.2, 0) is 11.2 Å². The Bertz CT molecular complexity index is 417. The third-order valence-electron chi connectivity index (χ3n) is 2.24. The predicted octanol–water partition coefficient (Wildman–Crippen LogP) is 0.424.